The van der Waals surface area contributed by atoms with Gasteiger partial charge in [0.2, 0.25) is 0 Å². The van der Waals surface area contributed by atoms with Crippen LogP contribution in [0.4, 0.5) is 5.69 Å². The van der Waals surface area contributed by atoms with E-state index in [0.29, 0.717) is 11.4 Å². The first kappa shape index (κ1) is 10.5. The van der Waals surface area contributed by atoms with Crippen molar-refractivity contribution < 1.29 is 4.79 Å². The molecule has 6 nitrogen and oxygen atoms in total. The molecule has 0 unspecified atom stereocenters. The quantitative estimate of drug-likeness (QED) is 0.347. The maximum atomic E-state index is 11.3. The molecule has 6 heteroatoms. The van der Waals surface area contributed by atoms with Gasteiger partial charge in [-0.2, -0.15) is 5.10 Å². The fraction of sp³-hybridized carbons (Fsp3) is 0.500. The third kappa shape index (κ3) is 1.69. The Kier molecular flexibility index (Phi) is 3.08. The average molecular weight is 197 g/mol. The van der Waals surface area contributed by atoms with E-state index in [2.05, 4.69) is 5.10 Å². The van der Waals surface area contributed by atoms with E-state index >= 15 is 0 Å². The lowest BCUT2D eigenvalue weighted by atomic mass is 10.2. The lowest BCUT2D eigenvalue weighted by Gasteiger charge is -2.00. The summed E-state index contributed by atoms with van der Waals surface area (Å²) in [6.45, 7) is 2.02. The number of nitrogens with two attached hydrogens (primary N) is 2. The molecule has 1 heterocycles. The van der Waals surface area contributed by atoms with Gasteiger partial charge in [0.05, 0.1) is 11.4 Å². The van der Waals surface area contributed by atoms with Crippen molar-refractivity contribution in [3.8, 4) is 0 Å². The number of carbonyl (C=O) groups excluding carboxylic acids is 1. The van der Waals surface area contributed by atoms with Crippen molar-refractivity contribution >= 4 is 11.6 Å². The van der Waals surface area contributed by atoms with Gasteiger partial charge in [0, 0.05) is 7.05 Å². The van der Waals surface area contributed by atoms with E-state index in [4.69, 9.17) is 11.6 Å². The molecule has 0 fully saturated rings. The maximum Gasteiger partial charge on any atom is 0.285 e. The number of nitrogen functional groups attached to an aromatic ring is 2. The van der Waals surface area contributed by atoms with E-state index < -0.39 is 5.91 Å². The molecule has 0 aliphatic heterocycles. The van der Waals surface area contributed by atoms with Crippen LogP contribution in [-0.4, -0.2) is 15.7 Å². The van der Waals surface area contributed by atoms with Gasteiger partial charge >= 0.3 is 0 Å². The van der Waals surface area contributed by atoms with Crippen LogP contribution in [0.25, 0.3) is 0 Å². The Bertz CT molecular complexity index is 344. The molecule has 0 aromatic carbocycles. The molecule has 14 heavy (non-hydrogen) atoms. The van der Waals surface area contributed by atoms with E-state index in [1.807, 2.05) is 12.3 Å². The summed E-state index contributed by atoms with van der Waals surface area (Å²) in [6.07, 6.45) is 1.70. The topological polar surface area (TPSA) is 99.0 Å². The van der Waals surface area contributed by atoms with Crippen LogP contribution in [-0.2, 0) is 13.5 Å². The number of nitrogens with zero attached hydrogens (tertiary/aromatic N) is 2. The van der Waals surface area contributed by atoms with E-state index in [1.54, 1.807) is 7.05 Å². The van der Waals surface area contributed by atoms with Crippen LogP contribution in [0.5, 0.6) is 0 Å². The molecular weight excluding hydrogens is 182 g/mol. The van der Waals surface area contributed by atoms with Crippen molar-refractivity contribution in [2.75, 3.05) is 5.73 Å². The predicted octanol–water partition coefficient (Wildman–Crippen LogP) is -0.442. The van der Waals surface area contributed by atoms with Gasteiger partial charge in [0.1, 0.15) is 0 Å². The zero-order chi connectivity index (χ0) is 10.7. The van der Waals surface area contributed by atoms with Crippen LogP contribution in [0.2, 0.25) is 0 Å². The van der Waals surface area contributed by atoms with Crippen LogP contribution in [0.3, 0.4) is 0 Å². The summed E-state index contributed by atoms with van der Waals surface area (Å²) < 4.78 is 1.45. The maximum absolute atomic E-state index is 11.3. The molecule has 78 valence electrons. The molecule has 0 saturated carbocycles. The molecule has 0 aliphatic rings. The smallest absolute Gasteiger partial charge is 0.285 e. The van der Waals surface area contributed by atoms with Crippen LogP contribution >= 0.6 is 0 Å². The first-order valence-corrected chi connectivity index (χ1v) is 4.44. The highest BCUT2D eigenvalue weighted by Gasteiger charge is 2.18. The first-order valence-electron chi connectivity index (χ1n) is 4.44. The number of anilines is 1. The minimum absolute atomic E-state index is 0.316. The molecule has 5 N–H and O–H groups in total. The summed E-state index contributed by atoms with van der Waals surface area (Å²) in [5.41, 5.74) is 9.28. The second kappa shape index (κ2) is 4.10. The molecule has 0 bridgehead atoms. The van der Waals surface area contributed by atoms with Crippen LogP contribution in [0.15, 0.2) is 0 Å². The normalized spacial score (nSPS) is 10.2. The van der Waals surface area contributed by atoms with Gasteiger partial charge in [-0.15, -0.1) is 0 Å². The molecule has 0 radical (unpaired) electrons. The number of hydrazine groups is 1. The summed E-state index contributed by atoms with van der Waals surface area (Å²) in [6, 6.07) is 0. The number of carbonyl (C=O) groups is 1. The molecule has 1 rings (SSSR count). The van der Waals surface area contributed by atoms with Gasteiger partial charge in [0.25, 0.3) is 5.91 Å². The highest BCUT2D eigenvalue weighted by atomic mass is 16.2. The molecule has 0 atom stereocenters. The Morgan fingerprint density at radius 1 is 1.64 bits per heavy atom. The molecule has 1 aromatic rings. The predicted molar refractivity (Wildman–Crippen MR) is 53.3 cm³/mol. The van der Waals surface area contributed by atoms with E-state index in [0.717, 1.165) is 18.5 Å². The van der Waals surface area contributed by atoms with Gasteiger partial charge in [-0.25, -0.2) is 5.84 Å². The third-order valence-electron chi connectivity index (χ3n) is 1.99. The van der Waals surface area contributed by atoms with Crippen LogP contribution in [0.1, 0.15) is 29.5 Å². The van der Waals surface area contributed by atoms with Crippen molar-refractivity contribution in [2.24, 2.45) is 12.9 Å². The highest BCUT2D eigenvalue weighted by molar-refractivity contribution is 5.97. The van der Waals surface area contributed by atoms with E-state index in [-0.39, 0.29) is 0 Å². The lowest BCUT2D eigenvalue weighted by molar-refractivity contribution is 0.0945. The number of hydrogen-bond donors (Lipinski definition) is 3. The van der Waals surface area contributed by atoms with Crippen molar-refractivity contribution in [3.05, 3.63) is 11.4 Å². The zero-order valence-corrected chi connectivity index (χ0v) is 8.37. The summed E-state index contributed by atoms with van der Waals surface area (Å²) in [4.78, 5) is 11.3. The van der Waals surface area contributed by atoms with Gasteiger partial charge in [-0.3, -0.25) is 14.9 Å². The molecule has 1 aromatic heterocycles. The second-order valence-corrected chi connectivity index (χ2v) is 3.06. The minimum Gasteiger partial charge on any atom is -0.395 e. The number of aryl methyl sites for hydroxylation is 2. The Labute approximate surface area is 82.2 Å². The molecule has 0 spiro atoms. The van der Waals surface area contributed by atoms with Gasteiger partial charge in [0.15, 0.2) is 5.69 Å². The van der Waals surface area contributed by atoms with Crippen molar-refractivity contribution in [3.63, 3.8) is 0 Å². The number of nitrogens with one attached hydrogen (secondary N) is 1. The summed E-state index contributed by atoms with van der Waals surface area (Å²) in [5, 5.41) is 4.14. The van der Waals surface area contributed by atoms with E-state index in [9.17, 15) is 4.79 Å². The van der Waals surface area contributed by atoms with Crippen molar-refractivity contribution in [1.29, 1.82) is 0 Å². The highest BCUT2D eigenvalue weighted by Crippen LogP contribution is 2.17. The largest absolute Gasteiger partial charge is 0.395 e. The molecule has 0 saturated heterocycles. The molecular formula is C8H15N5O. The number of hydrogen-bond acceptors (Lipinski definition) is 4. The summed E-state index contributed by atoms with van der Waals surface area (Å²) >= 11 is 0. The number of rotatable bonds is 3. The third-order valence-corrected chi connectivity index (χ3v) is 1.99. The van der Waals surface area contributed by atoms with Gasteiger partial charge in [-0.1, -0.05) is 13.3 Å². The van der Waals surface area contributed by atoms with Gasteiger partial charge in [-0.05, 0) is 6.42 Å². The minimum atomic E-state index is -0.417. The Morgan fingerprint density at radius 2 is 2.29 bits per heavy atom. The Balaban J connectivity index is 3.11. The SMILES string of the molecule is CCCc1nn(C)c(C(=O)NN)c1N. The molecule has 1 amide bonds. The number of aromatic nitrogens is 2. The Morgan fingerprint density at radius 3 is 2.79 bits per heavy atom. The molecule has 0 aliphatic carbocycles. The summed E-state index contributed by atoms with van der Waals surface area (Å²) in [5.74, 6) is 4.61. The number of amides is 1. The monoisotopic (exact) mass is 197 g/mol. The van der Waals surface area contributed by atoms with Gasteiger partial charge < -0.3 is 5.73 Å². The van der Waals surface area contributed by atoms with Crippen LogP contribution < -0.4 is 17.0 Å². The van der Waals surface area contributed by atoms with E-state index in [1.165, 1.54) is 4.68 Å². The van der Waals surface area contributed by atoms with Crippen molar-refractivity contribution in [1.82, 2.24) is 15.2 Å². The van der Waals surface area contributed by atoms with Crippen molar-refractivity contribution in [2.45, 2.75) is 19.8 Å². The Hall–Kier alpha value is -1.56. The standard InChI is InChI=1S/C8H15N5O/c1-3-4-5-6(9)7(8(14)11-10)13(2)12-5/h3-4,9-10H2,1-2H3,(H,11,14). The lowest BCUT2D eigenvalue weighted by Crippen LogP contribution is -2.32. The zero-order valence-electron chi connectivity index (χ0n) is 8.37. The summed E-state index contributed by atoms with van der Waals surface area (Å²) in [7, 11) is 1.67. The average Bonchev–Trinajstić information content (AvgIpc) is 2.42. The fourth-order valence-electron chi connectivity index (χ4n) is 1.36. The first-order chi connectivity index (χ1) is 6.61. The second-order valence-electron chi connectivity index (χ2n) is 3.06. The van der Waals surface area contributed by atoms with Crippen LogP contribution in [0, 0.1) is 0 Å². The fourth-order valence-corrected chi connectivity index (χ4v) is 1.36.